The van der Waals surface area contributed by atoms with E-state index in [0.29, 0.717) is 12.0 Å². The predicted octanol–water partition coefficient (Wildman–Crippen LogP) is 3.11. The number of likely N-dealkylation sites (N-methyl/N-ethyl adjacent to an activating group) is 1. The minimum absolute atomic E-state index is 0.381. The molecule has 0 amide bonds. The van der Waals surface area contributed by atoms with E-state index in [2.05, 4.69) is 54.4 Å². The number of rotatable bonds is 5. The Labute approximate surface area is 128 Å². The van der Waals surface area contributed by atoms with Gasteiger partial charge in [0.2, 0.25) is 0 Å². The summed E-state index contributed by atoms with van der Waals surface area (Å²) in [4.78, 5) is 2.46. The number of aryl methyl sites for hydroxylation is 1. The largest absolute Gasteiger partial charge is 0.366 e. The lowest BCUT2D eigenvalue weighted by molar-refractivity contribution is 0.356. The average molecular weight is 283 g/mol. The lowest BCUT2D eigenvalue weighted by Crippen LogP contribution is -2.57. The van der Waals surface area contributed by atoms with Crippen LogP contribution in [0.5, 0.6) is 0 Å². The van der Waals surface area contributed by atoms with Gasteiger partial charge in [0.1, 0.15) is 5.54 Å². The molecule has 3 heteroatoms. The van der Waals surface area contributed by atoms with Gasteiger partial charge in [-0.25, -0.2) is 0 Å². The lowest BCUT2D eigenvalue weighted by Gasteiger charge is -2.42. The highest BCUT2D eigenvalue weighted by Crippen LogP contribution is 2.42. The number of hydrogen-bond acceptors (Lipinski definition) is 3. The van der Waals surface area contributed by atoms with E-state index >= 15 is 0 Å². The zero-order valence-corrected chi connectivity index (χ0v) is 13.1. The molecule has 1 aromatic carbocycles. The van der Waals surface area contributed by atoms with Crippen LogP contribution in [0.25, 0.3) is 0 Å². The fourth-order valence-corrected chi connectivity index (χ4v) is 3.66. The molecule has 1 aliphatic carbocycles. The van der Waals surface area contributed by atoms with Gasteiger partial charge in [-0.05, 0) is 56.7 Å². The van der Waals surface area contributed by atoms with Gasteiger partial charge in [-0.2, -0.15) is 5.26 Å². The van der Waals surface area contributed by atoms with Gasteiger partial charge < -0.3 is 4.90 Å². The second-order valence-corrected chi connectivity index (χ2v) is 6.53. The predicted molar refractivity (Wildman–Crippen MR) is 86.3 cm³/mol. The van der Waals surface area contributed by atoms with Gasteiger partial charge in [0.25, 0.3) is 0 Å². The molecular weight excluding hydrogens is 258 g/mol. The quantitative estimate of drug-likeness (QED) is 0.902. The summed E-state index contributed by atoms with van der Waals surface area (Å²) in [6, 6.07) is 11.8. The molecule has 1 N–H and O–H groups in total. The number of para-hydroxylation sites is 1. The van der Waals surface area contributed by atoms with Crippen LogP contribution in [0.3, 0.4) is 0 Å². The molecule has 1 fully saturated rings. The van der Waals surface area contributed by atoms with Crippen molar-refractivity contribution >= 4 is 5.69 Å². The fourth-order valence-electron chi connectivity index (χ4n) is 3.66. The maximum Gasteiger partial charge on any atom is 0.127 e. The highest BCUT2D eigenvalue weighted by molar-refractivity contribution is 5.57. The minimum atomic E-state index is -0.381. The molecule has 112 valence electrons. The normalized spacial score (nSPS) is 24.0. The van der Waals surface area contributed by atoms with E-state index < -0.39 is 0 Å². The van der Waals surface area contributed by atoms with Gasteiger partial charge in [-0.3, -0.25) is 5.32 Å². The van der Waals surface area contributed by atoms with Crippen molar-refractivity contribution in [1.82, 2.24) is 5.32 Å². The summed E-state index contributed by atoms with van der Waals surface area (Å²) in [6.07, 6.45) is 4.70. The van der Waals surface area contributed by atoms with Gasteiger partial charge >= 0.3 is 0 Å². The Morgan fingerprint density at radius 2 is 2.10 bits per heavy atom. The van der Waals surface area contributed by atoms with E-state index in [0.717, 1.165) is 19.5 Å². The number of hydrogen-bond donors (Lipinski definition) is 1. The van der Waals surface area contributed by atoms with Crippen molar-refractivity contribution in [3.8, 4) is 6.07 Å². The first-order valence-corrected chi connectivity index (χ1v) is 8.21. The molecule has 2 unspecified atom stereocenters. The van der Waals surface area contributed by atoms with Crippen molar-refractivity contribution in [2.45, 2.75) is 51.1 Å². The van der Waals surface area contributed by atoms with E-state index in [-0.39, 0.29) is 5.54 Å². The molecular formula is C18H25N3. The molecule has 1 saturated carbocycles. The first-order valence-electron chi connectivity index (χ1n) is 8.21. The van der Waals surface area contributed by atoms with Crippen LogP contribution in [0, 0.1) is 17.2 Å². The smallest absolute Gasteiger partial charge is 0.127 e. The molecule has 2 aliphatic rings. The third-order valence-corrected chi connectivity index (χ3v) is 5.05. The number of fused-ring (bicyclic) bond motifs is 1. The van der Waals surface area contributed by atoms with Gasteiger partial charge in [-0.15, -0.1) is 0 Å². The third-order valence-electron chi connectivity index (χ3n) is 5.05. The monoisotopic (exact) mass is 283 g/mol. The van der Waals surface area contributed by atoms with Crippen molar-refractivity contribution in [3.63, 3.8) is 0 Å². The number of nitrogens with one attached hydrogen (secondary N) is 1. The van der Waals surface area contributed by atoms with Crippen LogP contribution in [0.4, 0.5) is 5.69 Å². The molecule has 1 heterocycles. The molecule has 0 radical (unpaired) electrons. The van der Waals surface area contributed by atoms with Crippen LogP contribution >= 0.6 is 0 Å². The summed E-state index contributed by atoms with van der Waals surface area (Å²) in [7, 11) is 0. The topological polar surface area (TPSA) is 39.1 Å². The summed E-state index contributed by atoms with van der Waals surface area (Å²) >= 11 is 0. The van der Waals surface area contributed by atoms with Crippen LogP contribution in [0.15, 0.2) is 24.3 Å². The van der Waals surface area contributed by atoms with Crippen molar-refractivity contribution in [1.29, 1.82) is 5.26 Å². The third kappa shape index (κ3) is 2.65. The summed E-state index contributed by atoms with van der Waals surface area (Å²) < 4.78 is 0. The molecule has 21 heavy (non-hydrogen) atoms. The standard InChI is InChI=1S/C18H25N3/c1-3-20-18(12-19,16-10-11-16)13-21-14(2)8-9-15-6-4-5-7-17(15)21/h4-7,14,16,20H,3,8-11,13H2,1-2H3. The molecule has 0 saturated heterocycles. The Hall–Kier alpha value is -1.53. The SMILES string of the molecule is CCNC(C#N)(CN1c2ccccc2CCC1C)C1CC1. The Balaban J connectivity index is 1.90. The van der Waals surface area contributed by atoms with Crippen molar-refractivity contribution < 1.29 is 0 Å². The zero-order chi connectivity index (χ0) is 14.9. The Bertz CT molecular complexity index is 544. The van der Waals surface area contributed by atoms with Crippen LogP contribution in [-0.4, -0.2) is 24.7 Å². The zero-order valence-electron chi connectivity index (χ0n) is 13.1. The summed E-state index contributed by atoms with van der Waals surface area (Å²) in [5.41, 5.74) is 2.37. The second-order valence-electron chi connectivity index (χ2n) is 6.53. The molecule has 0 aromatic heterocycles. The van der Waals surface area contributed by atoms with Crippen LogP contribution in [0.2, 0.25) is 0 Å². The average Bonchev–Trinajstić information content (AvgIpc) is 3.34. The highest BCUT2D eigenvalue weighted by atomic mass is 15.2. The van der Waals surface area contributed by atoms with Crippen LogP contribution in [0.1, 0.15) is 38.7 Å². The maximum atomic E-state index is 9.84. The van der Waals surface area contributed by atoms with Crippen LogP contribution < -0.4 is 10.2 Å². The number of nitrogens with zero attached hydrogens (tertiary/aromatic N) is 2. The molecule has 1 aromatic rings. The number of nitriles is 1. The summed E-state index contributed by atoms with van der Waals surface area (Å²) in [5.74, 6) is 0.517. The first kappa shape index (κ1) is 14.4. The van der Waals surface area contributed by atoms with Gasteiger partial charge in [0, 0.05) is 11.7 Å². The Kier molecular flexibility index (Phi) is 3.91. The van der Waals surface area contributed by atoms with Gasteiger partial charge in [0.05, 0.1) is 12.6 Å². The van der Waals surface area contributed by atoms with Crippen molar-refractivity contribution in [3.05, 3.63) is 29.8 Å². The highest BCUT2D eigenvalue weighted by Gasteiger charge is 2.47. The van der Waals surface area contributed by atoms with E-state index in [9.17, 15) is 5.26 Å². The minimum Gasteiger partial charge on any atom is -0.366 e. The molecule has 2 atom stereocenters. The van der Waals surface area contributed by atoms with E-state index in [1.807, 2.05) is 0 Å². The van der Waals surface area contributed by atoms with E-state index in [1.165, 1.54) is 30.5 Å². The van der Waals surface area contributed by atoms with E-state index in [4.69, 9.17) is 0 Å². The molecule has 3 rings (SSSR count). The molecule has 0 bridgehead atoms. The molecule has 0 spiro atoms. The van der Waals surface area contributed by atoms with E-state index in [1.54, 1.807) is 0 Å². The van der Waals surface area contributed by atoms with Crippen molar-refractivity contribution in [2.75, 3.05) is 18.0 Å². The molecule has 1 aliphatic heterocycles. The summed E-state index contributed by atoms with van der Waals surface area (Å²) in [6.45, 7) is 6.05. The van der Waals surface area contributed by atoms with Crippen molar-refractivity contribution in [2.24, 2.45) is 5.92 Å². The van der Waals surface area contributed by atoms with Crippen LogP contribution in [-0.2, 0) is 6.42 Å². The molecule has 3 nitrogen and oxygen atoms in total. The fraction of sp³-hybridized carbons (Fsp3) is 0.611. The number of anilines is 1. The van der Waals surface area contributed by atoms with Gasteiger partial charge in [0.15, 0.2) is 0 Å². The lowest BCUT2D eigenvalue weighted by atomic mass is 9.90. The summed E-state index contributed by atoms with van der Waals surface area (Å²) in [5, 5.41) is 13.3. The second kappa shape index (κ2) is 5.69. The number of benzene rings is 1. The Morgan fingerprint density at radius 3 is 2.76 bits per heavy atom. The van der Waals surface area contributed by atoms with Gasteiger partial charge in [-0.1, -0.05) is 25.1 Å². The first-order chi connectivity index (χ1) is 10.2. The Morgan fingerprint density at radius 1 is 1.33 bits per heavy atom. The maximum absolute atomic E-state index is 9.84.